The third kappa shape index (κ3) is 1.16. The Balaban J connectivity index is 2.20. The van der Waals surface area contributed by atoms with Gasteiger partial charge in [0.05, 0.1) is 12.1 Å². The zero-order valence-electron chi connectivity index (χ0n) is 6.47. The first-order valence-corrected chi connectivity index (χ1v) is 3.85. The van der Waals surface area contributed by atoms with Gasteiger partial charge in [0.15, 0.2) is 0 Å². The number of nitroso groups, excluding NO2 is 1. The summed E-state index contributed by atoms with van der Waals surface area (Å²) in [5, 5.41) is 2.84. The predicted molar refractivity (Wildman–Crippen MR) is 41.1 cm³/mol. The summed E-state index contributed by atoms with van der Waals surface area (Å²) in [5.74, 6) is 0. The highest BCUT2D eigenvalue weighted by atomic mass is 16.7. The van der Waals surface area contributed by atoms with Crippen LogP contribution in [-0.4, -0.2) is 25.0 Å². The summed E-state index contributed by atoms with van der Waals surface area (Å²) in [4.78, 5) is 10.3. The van der Waals surface area contributed by atoms with Crippen molar-refractivity contribution in [3.05, 3.63) is 16.7 Å². The monoisotopic (exact) mass is 170 g/mol. The normalized spacial score (nSPS) is 40.4. The zero-order chi connectivity index (χ0) is 8.55. The molecule has 0 aromatic heterocycles. The van der Waals surface area contributed by atoms with Crippen LogP contribution in [-0.2, 0) is 9.47 Å². The van der Waals surface area contributed by atoms with Crippen molar-refractivity contribution in [2.45, 2.75) is 24.7 Å². The van der Waals surface area contributed by atoms with Crippen molar-refractivity contribution in [1.82, 2.24) is 0 Å². The van der Waals surface area contributed by atoms with E-state index in [-0.39, 0.29) is 25.0 Å². The number of nitrogens with zero attached hydrogens (tertiary/aromatic N) is 1. The Morgan fingerprint density at radius 1 is 1.58 bits per heavy atom. The van der Waals surface area contributed by atoms with Crippen molar-refractivity contribution in [3.8, 4) is 0 Å². The molecule has 3 atom stereocenters. The Bertz CT molecular complexity index is 229. The molecule has 5 heteroatoms. The number of fused-ring (bicyclic) bond motifs is 1. The van der Waals surface area contributed by atoms with Crippen LogP contribution in [0.5, 0.6) is 0 Å². The second-order valence-corrected chi connectivity index (χ2v) is 2.98. The molecule has 0 saturated carbocycles. The molecule has 1 heterocycles. The minimum atomic E-state index is -0.301. The molecule has 66 valence electrons. The molecular formula is C7H10N2O3. The highest BCUT2D eigenvalue weighted by Gasteiger charge is 2.35. The second-order valence-electron chi connectivity index (χ2n) is 2.98. The fraction of sp³-hybridized carbons (Fsp3) is 0.714. The SMILES string of the molecule is NC1CC2OCOC2C=C1N=O. The van der Waals surface area contributed by atoms with E-state index in [1.807, 2.05) is 0 Å². The predicted octanol–water partition coefficient (Wildman–Crippen LogP) is 0.109. The van der Waals surface area contributed by atoms with Gasteiger partial charge in [0.2, 0.25) is 0 Å². The molecule has 1 aliphatic heterocycles. The molecule has 3 unspecified atom stereocenters. The van der Waals surface area contributed by atoms with Crippen LogP contribution in [0.3, 0.4) is 0 Å². The summed E-state index contributed by atoms with van der Waals surface area (Å²) in [6.45, 7) is 0.282. The van der Waals surface area contributed by atoms with E-state index >= 15 is 0 Å². The lowest BCUT2D eigenvalue weighted by atomic mass is 9.95. The largest absolute Gasteiger partial charge is 0.349 e. The topological polar surface area (TPSA) is 73.9 Å². The molecule has 12 heavy (non-hydrogen) atoms. The molecule has 1 fully saturated rings. The molecule has 2 rings (SSSR count). The molecule has 1 saturated heterocycles. The first-order chi connectivity index (χ1) is 5.81. The maximum atomic E-state index is 10.3. The molecule has 0 radical (unpaired) electrons. The first kappa shape index (κ1) is 7.85. The number of nitrogens with two attached hydrogens (primary N) is 1. The van der Waals surface area contributed by atoms with Crippen molar-refractivity contribution in [2.24, 2.45) is 10.9 Å². The highest BCUT2D eigenvalue weighted by Crippen LogP contribution is 2.26. The number of hydrogen-bond donors (Lipinski definition) is 1. The van der Waals surface area contributed by atoms with Gasteiger partial charge in [-0.25, -0.2) is 0 Å². The minimum Gasteiger partial charge on any atom is -0.349 e. The molecule has 0 aromatic carbocycles. The van der Waals surface area contributed by atoms with Gasteiger partial charge in [-0.05, 0) is 17.7 Å². The summed E-state index contributed by atoms with van der Waals surface area (Å²) < 4.78 is 10.4. The number of ether oxygens (including phenoxy) is 2. The van der Waals surface area contributed by atoms with Crippen LogP contribution in [0.2, 0.25) is 0 Å². The van der Waals surface area contributed by atoms with Gasteiger partial charge in [-0.1, -0.05) is 0 Å². The molecule has 2 N–H and O–H groups in total. The number of rotatable bonds is 1. The van der Waals surface area contributed by atoms with Crippen molar-refractivity contribution in [2.75, 3.05) is 6.79 Å². The van der Waals surface area contributed by atoms with E-state index in [9.17, 15) is 4.91 Å². The standard InChI is InChI=1S/C7H10N2O3/c8-4-1-6-7(12-3-11-6)2-5(4)9-10/h2,4,6-7H,1,3,8H2. The van der Waals surface area contributed by atoms with Gasteiger partial charge in [-0.2, -0.15) is 0 Å². The zero-order valence-corrected chi connectivity index (χ0v) is 6.47. The van der Waals surface area contributed by atoms with Gasteiger partial charge in [-0.15, -0.1) is 4.91 Å². The molecule has 0 amide bonds. The van der Waals surface area contributed by atoms with E-state index < -0.39 is 0 Å². The Kier molecular flexibility index (Phi) is 1.92. The summed E-state index contributed by atoms with van der Waals surface area (Å²) in [6.07, 6.45) is 2.14. The third-order valence-corrected chi connectivity index (χ3v) is 2.22. The quantitative estimate of drug-likeness (QED) is 0.567. The van der Waals surface area contributed by atoms with Crippen molar-refractivity contribution in [1.29, 1.82) is 0 Å². The minimum absolute atomic E-state index is 0.00509. The summed E-state index contributed by atoms with van der Waals surface area (Å²) >= 11 is 0. The second kappa shape index (κ2) is 2.93. The fourth-order valence-electron chi connectivity index (χ4n) is 1.53. The lowest BCUT2D eigenvalue weighted by Crippen LogP contribution is -2.37. The molecule has 0 spiro atoms. The lowest BCUT2D eigenvalue weighted by Gasteiger charge is -2.23. The van der Waals surface area contributed by atoms with Crippen molar-refractivity contribution < 1.29 is 9.47 Å². The van der Waals surface area contributed by atoms with E-state index in [2.05, 4.69) is 5.18 Å². The van der Waals surface area contributed by atoms with Crippen molar-refractivity contribution in [3.63, 3.8) is 0 Å². The average Bonchev–Trinajstić information content (AvgIpc) is 2.49. The Morgan fingerprint density at radius 3 is 3.17 bits per heavy atom. The smallest absolute Gasteiger partial charge is 0.148 e. The average molecular weight is 170 g/mol. The molecule has 0 aromatic rings. The number of hydrogen-bond acceptors (Lipinski definition) is 5. The van der Waals surface area contributed by atoms with Crippen LogP contribution in [0, 0.1) is 4.91 Å². The van der Waals surface area contributed by atoms with Crippen LogP contribution in [0.1, 0.15) is 6.42 Å². The highest BCUT2D eigenvalue weighted by molar-refractivity contribution is 5.17. The van der Waals surface area contributed by atoms with E-state index in [4.69, 9.17) is 15.2 Å². The van der Waals surface area contributed by atoms with Gasteiger partial charge < -0.3 is 15.2 Å². The Labute approximate surface area is 69.5 Å². The maximum Gasteiger partial charge on any atom is 0.148 e. The Hall–Kier alpha value is -0.780. The summed E-state index contributed by atoms with van der Waals surface area (Å²) in [6, 6.07) is -0.301. The van der Waals surface area contributed by atoms with Crippen molar-refractivity contribution >= 4 is 0 Å². The molecule has 5 nitrogen and oxygen atoms in total. The molecular weight excluding hydrogens is 160 g/mol. The summed E-state index contributed by atoms with van der Waals surface area (Å²) in [5.41, 5.74) is 6.02. The molecule has 0 bridgehead atoms. The van der Waals surface area contributed by atoms with Crippen LogP contribution in [0.25, 0.3) is 0 Å². The lowest BCUT2D eigenvalue weighted by molar-refractivity contribution is 0.0417. The van der Waals surface area contributed by atoms with Gasteiger partial charge in [0.1, 0.15) is 18.6 Å². The van der Waals surface area contributed by atoms with Crippen LogP contribution >= 0.6 is 0 Å². The van der Waals surface area contributed by atoms with Gasteiger partial charge in [0, 0.05) is 0 Å². The molecule has 1 aliphatic carbocycles. The first-order valence-electron chi connectivity index (χ1n) is 3.85. The van der Waals surface area contributed by atoms with E-state index in [1.165, 1.54) is 0 Å². The van der Waals surface area contributed by atoms with Gasteiger partial charge in [-0.3, -0.25) is 0 Å². The van der Waals surface area contributed by atoms with E-state index in [0.29, 0.717) is 12.1 Å². The summed E-state index contributed by atoms with van der Waals surface area (Å²) in [7, 11) is 0. The maximum absolute atomic E-state index is 10.3. The fourth-order valence-corrected chi connectivity index (χ4v) is 1.53. The van der Waals surface area contributed by atoms with Crippen LogP contribution < -0.4 is 5.73 Å². The third-order valence-electron chi connectivity index (χ3n) is 2.22. The van der Waals surface area contributed by atoms with Gasteiger partial charge in [0.25, 0.3) is 0 Å². The Morgan fingerprint density at radius 2 is 2.42 bits per heavy atom. The van der Waals surface area contributed by atoms with Crippen LogP contribution in [0.4, 0.5) is 0 Å². The van der Waals surface area contributed by atoms with Gasteiger partial charge >= 0.3 is 0 Å². The molecule has 2 aliphatic rings. The van der Waals surface area contributed by atoms with Crippen LogP contribution in [0.15, 0.2) is 16.9 Å². The van der Waals surface area contributed by atoms with E-state index in [1.54, 1.807) is 6.08 Å². The van der Waals surface area contributed by atoms with E-state index in [0.717, 1.165) is 0 Å².